The van der Waals surface area contributed by atoms with Crippen LogP contribution in [0.2, 0.25) is 0 Å². The monoisotopic (exact) mass is 396 g/mol. The molecule has 0 aromatic heterocycles. The van der Waals surface area contributed by atoms with Gasteiger partial charge in [0.25, 0.3) is 5.91 Å². The van der Waals surface area contributed by atoms with E-state index in [1.54, 1.807) is 13.8 Å². The number of alkyl halides is 3. The summed E-state index contributed by atoms with van der Waals surface area (Å²) in [4.78, 5) is 23.9. The SMILES string of the molecule is CC(C)OC(=O)c1ccc(N)c(OCC(=O)Nc2cccc(C(F)(F)F)c2)c1. The maximum Gasteiger partial charge on any atom is 0.416 e. The fraction of sp³-hybridized carbons (Fsp3) is 0.263. The van der Waals surface area contributed by atoms with Gasteiger partial charge in [0.05, 0.1) is 22.9 Å². The second kappa shape index (κ2) is 8.64. The molecule has 0 aliphatic rings. The average Bonchev–Trinajstić information content (AvgIpc) is 2.60. The third-order valence-corrected chi connectivity index (χ3v) is 3.42. The van der Waals surface area contributed by atoms with E-state index >= 15 is 0 Å². The summed E-state index contributed by atoms with van der Waals surface area (Å²) in [5, 5.41) is 2.31. The van der Waals surface area contributed by atoms with Crippen molar-refractivity contribution in [2.24, 2.45) is 0 Å². The number of halogens is 3. The number of carbonyl (C=O) groups is 2. The van der Waals surface area contributed by atoms with Gasteiger partial charge in [0.2, 0.25) is 0 Å². The van der Waals surface area contributed by atoms with Gasteiger partial charge in [0.1, 0.15) is 5.75 Å². The molecule has 0 unspecified atom stereocenters. The molecular weight excluding hydrogens is 377 g/mol. The number of benzene rings is 2. The quantitative estimate of drug-likeness (QED) is 0.571. The van der Waals surface area contributed by atoms with Crippen molar-refractivity contribution in [2.75, 3.05) is 17.7 Å². The summed E-state index contributed by atoms with van der Waals surface area (Å²) >= 11 is 0. The molecule has 0 spiro atoms. The van der Waals surface area contributed by atoms with Gasteiger partial charge in [-0.2, -0.15) is 13.2 Å². The zero-order chi connectivity index (χ0) is 20.9. The highest BCUT2D eigenvalue weighted by Crippen LogP contribution is 2.30. The Hall–Kier alpha value is -3.23. The van der Waals surface area contributed by atoms with Crippen LogP contribution >= 0.6 is 0 Å². The molecule has 2 aromatic carbocycles. The van der Waals surface area contributed by atoms with E-state index < -0.39 is 30.2 Å². The molecule has 0 radical (unpaired) electrons. The Morgan fingerprint density at radius 3 is 2.50 bits per heavy atom. The third kappa shape index (κ3) is 5.90. The lowest BCUT2D eigenvalue weighted by atomic mass is 10.2. The lowest BCUT2D eigenvalue weighted by molar-refractivity contribution is -0.137. The summed E-state index contributed by atoms with van der Waals surface area (Å²) in [6.45, 7) is 2.89. The summed E-state index contributed by atoms with van der Waals surface area (Å²) in [5.74, 6) is -1.18. The van der Waals surface area contributed by atoms with E-state index in [9.17, 15) is 22.8 Å². The Labute approximate surface area is 159 Å². The van der Waals surface area contributed by atoms with Gasteiger partial charge < -0.3 is 20.5 Å². The van der Waals surface area contributed by atoms with Crippen molar-refractivity contribution in [3.63, 3.8) is 0 Å². The fourth-order valence-electron chi connectivity index (χ4n) is 2.18. The minimum atomic E-state index is -4.52. The van der Waals surface area contributed by atoms with E-state index in [1.807, 2.05) is 0 Å². The second-order valence-corrected chi connectivity index (χ2v) is 6.12. The molecule has 2 rings (SSSR count). The summed E-state index contributed by atoms with van der Waals surface area (Å²) in [5.41, 5.74) is 5.24. The van der Waals surface area contributed by atoms with E-state index in [4.69, 9.17) is 15.2 Å². The molecule has 6 nitrogen and oxygen atoms in total. The van der Waals surface area contributed by atoms with Gasteiger partial charge in [0.15, 0.2) is 6.61 Å². The minimum Gasteiger partial charge on any atom is -0.482 e. The van der Waals surface area contributed by atoms with Gasteiger partial charge in [-0.25, -0.2) is 4.79 Å². The first kappa shape index (κ1) is 21.1. The Morgan fingerprint density at radius 2 is 1.86 bits per heavy atom. The molecule has 150 valence electrons. The van der Waals surface area contributed by atoms with E-state index in [-0.39, 0.29) is 28.8 Å². The van der Waals surface area contributed by atoms with Crippen LogP contribution in [0.5, 0.6) is 5.75 Å². The number of rotatable bonds is 6. The molecule has 28 heavy (non-hydrogen) atoms. The van der Waals surface area contributed by atoms with Crippen LogP contribution in [0, 0.1) is 0 Å². The number of ether oxygens (including phenoxy) is 2. The van der Waals surface area contributed by atoms with Gasteiger partial charge in [-0.05, 0) is 50.2 Å². The molecule has 0 aliphatic carbocycles. The predicted molar refractivity (Wildman–Crippen MR) is 97.0 cm³/mol. The molecule has 9 heteroatoms. The zero-order valence-corrected chi connectivity index (χ0v) is 15.2. The zero-order valence-electron chi connectivity index (χ0n) is 15.2. The maximum atomic E-state index is 12.7. The molecule has 0 heterocycles. The number of hydrogen-bond acceptors (Lipinski definition) is 5. The van der Waals surface area contributed by atoms with Crippen molar-refractivity contribution in [1.29, 1.82) is 0 Å². The van der Waals surface area contributed by atoms with Crippen molar-refractivity contribution in [3.05, 3.63) is 53.6 Å². The number of nitrogens with one attached hydrogen (secondary N) is 1. The van der Waals surface area contributed by atoms with Crippen molar-refractivity contribution < 1.29 is 32.2 Å². The molecule has 2 aromatic rings. The van der Waals surface area contributed by atoms with Gasteiger partial charge in [-0.3, -0.25) is 4.79 Å². The normalized spacial score (nSPS) is 11.2. The highest BCUT2D eigenvalue weighted by atomic mass is 19.4. The Kier molecular flexibility index (Phi) is 6.50. The van der Waals surface area contributed by atoms with Gasteiger partial charge in [-0.15, -0.1) is 0 Å². The number of amides is 1. The molecule has 0 saturated carbocycles. The summed E-state index contributed by atoms with van der Waals surface area (Å²) < 4.78 is 48.5. The molecule has 0 aliphatic heterocycles. The number of nitrogens with two attached hydrogens (primary N) is 1. The van der Waals surface area contributed by atoms with Crippen molar-refractivity contribution in [3.8, 4) is 5.75 Å². The Morgan fingerprint density at radius 1 is 1.14 bits per heavy atom. The summed E-state index contributed by atoms with van der Waals surface area (Å²) in [7, 11) is 0. The molecule has 0 atom stereocenters. The van der Waals surface area contributed by atoms with Crippen molar-refractivity contribution >= 4 is 23.3 Å². The average molecular weight is 396 g/mol. The van der Waals surface area contributed by atoms with Gasteiger partial charge in [-0.1, -0.05) is 6.07 Å². The molecule has 0 fully saturated rings. The Balaban J connectivity index is 2.02. The van der Waals surface area contributed by atoms with Gasteiger partial charge >= 0.3 is 12.1 Å². The number of anilines is 2. The van der Waals surface area contributed by atoms with Crippen LogP contribution in [0.3, 0.4) is 0 Å². The first-order valence-electron chi connectivity index (χ1n) is 8.26. The maximum absolute atomic E-state index is 12.7. The number of hydrogen-bond donors (Lipinski definition) is 2. The summed E-state index contributed by atoms with van der Waals surface area (Å²) in [6.07, 6.45) is -4.83. The first-order chi connectivity index (χ1) is 13.1. The third-order valence-electron chi connectivity index (χ3n) is 3.42. The smallest absolute Gasteiger partial charge is 0.416 e. The van der Waals surface area contributed by atoms with Crippen LogP contribution in [0.1, 0.15) is 29.8 Å². The molecule has 1 amide bonds. The summed E-state index contributed by atoms with van der Waals surface area (Å²) in [6, 6.07) is 8.43. The van der Waals surface area contributed by atoms with E-state index in [2.05, 4.69) is 5.32 Å². The van der Waals surface area contributed by atoms with Crippen LogP contribution < -0.4 is 15.8 Å². The number of carbonyl (C=O) groups excluding carboxylic acids is 2. The van der Waals surface area contributed by atoms with Crippen molar-refractivity contribution in [2.45, 2.75) is 26.1 Å². The van der Waals surface area contributed by atoms with E-state index in [0.717, 1.165) is 12.1 Å². The van der Waals surface area contributed by atoms with Crippen LogP contribution in [-0.2, 0) is 15.7 Å². The first-order valence-corrected chi connectivity index (χ1v) is 8.26. The van der Waals surface area contributed by atoms with Crippen LogP contribution in [0.25, 0.3) is 0 Å². The fourth-order valence-corrected chi connectivity index (χ4v) is 2.18. The molecule has 0 bridgehead atoms. The lowest BCUT2D eigenvalue weighted by Crippen LogP contribution is -2.21. The largest absolute Gasteiger partial charge is 0.482 e. The number of nitrogen functional groups attached to an aromatic ring is 1. The van der Waals surface area contributed by atoms with Gasteiger partial charge in [0, 0.05) is 5.69 Å². The van der Waals surface area contributed by atoms with Crippen LogP contribution in [-0.4, -0.2) is 24.6 Å². The van der Waals surface area contributed by atoms with Crippen LogP contribution in [0.4, 0.5) is 24.5 Å². The molecule has 3 N–H and O–H groups in total. The van der Waals surface area contributed by atoms with E-state index in [1.165, 1.54) is 30.3 Å². The van der Waals surface area contributed by atoms with Crippen molar-refractivity contribution in [1.82, 2.24) is 0 Å². The standard InChI is InChI=1S/C19H19F3N2O4/c1-11(2)28-18(26)12-6-7-15(23)16(8-12)27-10-17(25)24-14-5-3-4-13(9-14)19(20,21)22/h3-9,11H,10,23H2,1-2H3,(H,24,25). The molecule has 0 saturated heterocycles. The lowest BCUT2D eigenvalue weighted by Gasteiger charge is -2.13. The highest BCUT2D eigenvalue weighted by molar-refractivity contribution is 5.92. The number of esters is 1. The van der Waals surface area contributed by atoms with Crippen LogP contribution in [0.15, 0.2) is 42.5 Å². The Bertz CT molecular complexity index is 866. The van der Waals surface area contributed by atoms with E-state index in [0.29, 0.717) is 0 Å². The highest BCUT2D eigenvalue weighted by Gasteiger charge is 2.30. The topological polar surface area (TPSA) is 90.7 Å². The minimum absolute atomic E-state index is 0.0225. The second-order valence-electron chi connectivity index (χ2n) is 6.12. The predicted octanol–water partition coefficient (Wildman–Crippen LogP) is 3.87. The molecular formula is C19H19F3N2O4.